The molecule has 0 N–H and O–H groups in total. The van der Waals surface area contributed by atoms with E-state index in [-0.39, 0.29) is 17.4 Å². The summed E-state index contributed by atoms with van der Waals surface area (Å²) < 4.78 is 17.0. The van der Waals surface area contributed by atoms with Crippen molar-refractivity contribution >= 4 is 5.91 Å². The molecule has 5 nitrogen and oxygen atoms in total. The first-order valence-electron chi connectivity index (χ1n) is 8.62. The van der Waals surface area contributed by atoms with Gasteiger partial charge in [-0.3, -0.25) is 4.79 Å². The van der Waals surface area contributed by atoms with Crippen LogP contribution in [0.2, 0.25) is 0 Å². The Hall–Kier alpha value is -2.27. The molecule has 1 unspecified atom stereocenters. The molecule has 1 aliphatic heterocycles. The fourth-order valence-electron chi connectivity index (χ4n) is 2.96. The molecule has 3 rings (SSSR count). The number of carbonyl (C=O) groups excluding carboxylic acids is 1. The van der Waals surface area contributed by atoms with E-state index in [4.69, 9.17) is 13.9 Å². The zero-order valence-electron chi connectivity index (χ0n) is 15.0. The van der Waals surface area contributed by atoms with Crippen LogP contribution in [0.4, 0.5) is 0 Å². The number of hydrogen-bond donors (Lipinski definition) is 0. The van der Waals surface area contributed by atoms with E-state index in [0.29, 0.717) is 32.1 Å². The van der Waals surface area contributed by atoms with Crippen LogP contribution >= 0.6 is 0 Å². The maximum atomic E-state index is 12.4. The highest BCUT2D eigenvalue weighted by Gasteiger charge is 2.27. The molecular weight excluding hydrogens is 318 g/mol. The molecule has 134 valence electrons. The minimum atomic E-state index is -0.152. The van der Waals surface area contributed by atoms with E-state index < -0.39 is 0 Å². The normalized spacial score (nSPS) is 18.2. The number of nitrogens with zero attached hydrogens (tertiary/aromatic N) is 1. The second-order valence-electron chi connectivity index (χ2n) is 7.28. The van der Waals surface area contributed by atoms with Gasteiger partial charge in [0.1, 0.15) is 18.5 Å². The van der Waals surface area contributed by atoms with Crippen LogP contribution in [0.25, 0.3) is 0 Å². The molecule has 2 heterocycles. The van der Waals surface area contributed by atoms with Gasteiger partial charge in [-0.15, -0.1) is 0 Å². The first kappa shape index (κ1) is 17.5. The van der Waals surface area contributed by atoms with E-state index in [9.17, 15) is 4.79 Å². The fourth-order valence-corrected chi connectivity index (χ4v) is 2.96. The highest BCUT2D eigenvalue weighted by molar-refractivity contribution is 5.91. The largest absolute Gasteiger partial charge is 0.491 e. The van der Waals surface area contributed by atoms with Gasteiger partial charge in [0, 0.05) is 6.54 Å². The van der Waals surface area contributed by atoms with Crippen molar-refractivity contribution in [3.8, 4) is 5.75 Å². The Morgan fingerprint density at radius 2 is 2.04 bits per heavy atom. The smallest absolute Gasteiger partial charge is 0.289 e. The molecule has 0 radical (unpaired) electrons. The number of ether oxygens (including phenoxy) is 2. The standard InChI is InChI=1S/C20H25NO4/c1-20(2,3)16-7-4-5-8-17(16)25-14-15-13-21(10-12-23-15)19(22)18-9-6-11-24-18/h4-9,11,15H,10,12-14H2,1-3H3. The van der Waals surface area contributed by atoms with Gasteiger partial charge in [0.25, 0.3) is 5.91 Å². The summed E-state index contributed by atoms with van der Waals surface area (Å²) in [5.41, 5.74) is 1.17. The third kappa shape index (κ3) is 4.23. The first-order valence-corrected chi connectivity index (χ1v) is 8.62. The van der Waals surface area contributed by atoms with Gasteiger partial charge < -0.3 is 18.8 Å². The van der Waals surface area contributed by atoms with E-state index in [1.165, 1.54) is 6.26 Å². The Balaban J connectivity index is 1.62. The number of furan rings is 1. The lowest BCUT2D eigenvalue weighted by molar-refractivity contribution is -0.0410. The Bertz CT molecular complexity index is 703. The van der Waals surface area contributed by atoms with Gasteiger partial charge in [0.15, 0.2) is 5.76 Å². The number of benzene rings is 1. The lowest BCUT2D eigenvalue weighted by atomic mass is 9.86. The van der Waals surface area contributed by atoms with Crippen LogP contribution in [0.15, 0.2) is 47.1 Å². The predicted molar refractivity (Wildman–Crippen MR) is 95.0 cm³/mol. The maximum Gasteiger partial charge on any atom is 0.289 e. The summed E-state index contributed by atoms with van der Waals surface area (Å²) in [5, 5.41) is 0. The molecule has 1 aromatic carbocycles. The number of amides is 1. The van der Waals surface area contributed by atoms with Crippen LogP contribution in [0.5, 0.6) is 5.75 Å². The molecule has 1 aliphatic rings. The van der Waals surface area contributed by atoms with Gasteiger partial charge in [0.2, 0.25) is 0 Å². The van der Waals surface area contributed by atoms with E-state index in [1.54, 1.807) is 17.0 Å². The van der Waals surface area contributed by atoms with Gasteiger partial charge in [-0.1, -0.05) is 39.0 Å². The molecule has 1 atom stereocenters. The molecule has 25 heavy (non-hydrogen) atoms. The maximum absolute atomic E-state index is 12.4. The Labute approximate surface area is 148 Å². The third-order valence-electron chi connectivity index (χ3n) is 4.28. The Morgan fingerprint density at radius 1 is 1.24 bits per heavy atom. The number of hydrogen-bond acceptors (Lipinski definition) is 4. The van der Waals surface area contributed by atoms with Crippen molar-refractivity contribution in [3.05, 3.63) is 54.0 Å². The predicted octanol–water partition coefficient (Wildman–Crippen LogP) is 3.50. The summed E-state index contributed by atoms with van der Waals surface area (Å²) in [6, 6.07) is 11.5. The minimum absolute atomic E-state index is 0.00526. The number of rotatable bonds is 4. The van der Waals surface area contributed by atoms with Crippen molar-refractivity contribution in [1.82, 2.24) is 4.90 Å². The highest BCUT2D eigenvalue weighted by Crippen LogP contribution is 2.31. The summed E-state index contributed by atoms with van der Waals surface area (Å²) in [5.74, 6) is 1.13. The van der Waals surface area contributed by atoms with Crippen molar-refractivity contribution in [1.29, 1.82) is 0 Å². The van der Waals surface area contributed by atoms with Crippen LogP contribution in [-0.2, 0) is 10.2 Å². The second kappa shape index (κ2) is 7.31. The SMILES string of the molecule is CC(C)(C)c1ccccc1OCC1CN(C(=O)c2ccco2)CCO1. The van der Waals surface area contributed by atoms with Crippen molar-refractivity contribution < 1.29 is 18.7 Å². The summed E-state index contributed by atoms with van der Waals surface area (Å²) in [7, 11) is 0. The van der Waals surface area contributed by atoms with Gasteiger partial charge in [-0.2, -0.15) is 0 Å². The molecule has 0 saturated carbocycles. The Kier molecular flexibility index (Phi) is 5.13. The first-order chi connectivity index (χ1) is 11.9. The molecule has 1 fully saturated rings. The zero-order valence-corrected chi connectivity index (χ0v) is 15.0. The highest BCUT2D eigenvalue weighted by atomic mass is 16.5. The topological polar surface area (TPSA) is 51.9 Å². The van der Waals surface area contributed by atoms with Crippen LogP contribution in [-0.4, -0.2) is 43.2 Å². The van der Waals surface area contributed by atoms with Crippen LogP contribution < -0.4 is 4.74 Å². The average molecular weight is 343 g/mol. The van der Waals surface area contributed by atoms with Crippen LogP contribution in [0, 0.1) is 0 Å². The number of morpholine rings is 1. The van der Waals surface area contributed by atoms with E-state index in [2.05, 4.69) is 26.8 Å². The van der Waals surface area contributed by atoms with E-state index in [0.717, 1.165) is 11.3 Å². The lowest BCUT2D eigenvalue weighted by Gasteiger charge is -2.32. The summed E-state index contributed by atoms with van der Waals surface area (Å²) in [6.45, 7) is 8.46. The number of carbonyl (C=O) groups is 1. The van der Waals surface area contributed by atoms with E-state index in [1.807, 2.05) is 18.2 Å². The molecule has 1 saturated heterocycles. The van der Waals surface area contributed by atoms with Gasteiger partial charge >= 0.3 is 0 Å². The molecule has 5 heteroatoms. The quantitative estimate of drug-likeness (QED) is 0.853. The monoisotopic (exact) mass is 343 g/mol. The van der Waals surface area contributed by atoms with Gasteiger partial charge in [-0.25, -0.2) is 0 Å². The molecule has 0 bridgehead atoms. The summed E-state index contributed by atoms with van der Waals surface area (Å²) >= 11 is 0. The van der Waals surface area contributed by atoms with Gasteiger partial charge in [0.05, 0.1) is 19.4 Å². The molecule has 2 aromatic rings. The molecule has 1 amide bonds. The van der Waals surface area contributed by atoms with Crippen molar-refractivity contribution in [2.45, 2.75) is 32.3 Å². The van der Waals surface area contributed by atoms with Crippen molar-refractivity contribution in [2.75, 3.05) is 26.3 Å². The summed E-state index contributed by atoms with van der Waals surface area (Å²) in [4.78, 5) is 14.2. The van der Waals surface area contributed by atoms with Gasteiger partial charge in [-0.05, 0) is 29.2 Å². The third-order valence-corrected chi connectivity index (χ3v) is 4.28. The summed E-state index contributed by atoms with van der Waals surface area (Å²) in [6.07, 6.45) is 1.36. The minimum Gasteiger partial charge on any atom is -0.491 e. The number of para-hydroxylation sites is 1. The van der Waals surface area contributed by atoms with E-state index >= 15 is 0 Å². The molecular formula is C20H25NO4. The van der Waals surface area contributed by atoms with Crippen molar-refractivity contribution in [2.24, 2.45) is 0 Å². The Morgan fingerprint density at radius 3 is 2.76 bits per heavy atom. The molecule has 0 spiro atoms. The van der Waals surface area contributed by atoms with Crippen molar-refractivity contribution in [3.63, 3.8) is 0 Å². The second-order valence-corrected chi connectivity index (χ2v) is 7.28. The molecule has 1 aromatic heterocycles. The zero-order chi connectivity index (χ0) is 17.9. The fraction of sp³-hybridized carbons (Fsp3) is 0.450. The van der Waals surface area contributed by atoms with Crippen LogP contribution in [0.1, 0.15) is 36.9 Å². The van der Waals surface area contributed by atoms with Crippen LogP contribution in [0.3, 0.4) is 0 Å². The molecule has 0 aliphatic carbocycles. The lowest BCUT2D eigenvalue weighted by Crippen LogP contribution is -2.47. The average Bonchev–Trinajstić information content (AvgIpc) is 3.13.